The second kappa shape index (κ2) is 32.6. The fraction of sp³-hybridized carbons (Fsp3) is 0.667. The number of nitrogens with two attached hydrogens (primary N) is 3. The van der Waals surface area contributed by atoms with Crippen molar-refractivity contribution in [1.29, 1.82) is 0 Å². The van der Waals surface area contributed by atoms with E-state index in [2.05, 4.69) is 30.8 Å². The fourth-order valence-electron chi connectivity index (χ4n) is 7.21. The van der Waals surface area contributed by atoms with Gasteiger partial charge in [0.25, 0.3) is 0 Å². The number of hydrogen-bond donors (Lipinski definition) is 7. The lowest BCUT2D eigenvalue weighted by Crippen LogP contribution is -2.34. The zero-order valence-corrected chi connectivity index (χ0v) is 38.5. The number of fused-ring (bicyclic) bond motifs is 3. The molecule has 2 atom stereocenters. The van der Waals surface area contributed by atoms with Crippen molar-refractivity contribution in [1.82, 2.24) is 35.8 Å². The maximum Gasteiger partial charge on any atom is 0.246 e. The predicted octanol–water partition coefficient (Wildman–Crippen LogP) is 1.83. The number of aryl methyl sites for hydroxylation is 1. The Morgan fingerprint density at radius 1 is 0.646 bits per heavy atom. The van der Waals surface area contributed by atoms with E-state index in [-0.39, 0.29) is 80.8 Å². The summed E-state index contributed by atoms with van der Waals surface area (Å²) in [6.45, 7) is 6.79. The molecule has 0 spiro atoms. The Morgan fingerprint density at radius 2 is 1.22 bits per heavy atom. The molecule has 20 heteroatoms. The molecule has 0 aliphatic rings. The SMILES string of the molecule is CCOCc1nc2c(N)nc3ccccc3c2n1CCCNC(=O)COCC(=O)NCCOCCOCCOCCC(=O)NCCCCC(CCCC(CCCCNC)C(N)=O)C(N)=O. The number of primary amides is 2. The second-order valence-corrected chi connectivity index (χ2v) is 15.7. The van der Waals surface area contributed by atoms with Gasteiger partial charge in [0, 0.05) is 56.4 Å². The smallest absolute Gasteiger partial charge is 0.246 e. The summed E-state index contributed by atoms with van der Waals surface area (Å²) in [5.41, 5.74) is 19.7. The molecule has 0 saturated heterocycles. The highest BCUT2D eigenvalue weighted by Crippen LogP contribution is 2.29. The third kappa shape index (κ3) is 21.7. The lowest BCUT2D eigenvalue weighted by molar-refractivity contribution is -0.131. The zero-order valence-electron chi connectivity index (χ0n) is 38.5. The number of pyridine rings is 1. The van der Waals surface area contributed by atoms with Crippen LogP contribution in [0.15, 0.2) is 24.3 Å². The Bertz CT molecular complexity index is 1880. The lowest BCUT2D eigenvalue weighted by atomic mass is 9.90. The summed E-state index contributed by atoms with van der Waals surface area (Å²) in [5, 5.41) is 12.4. The molecule has 0 aliphatic heterocycles. The number of rotatable bonds is 39. The Labute approximate surface area is 382 Å². The van der Waals surface area contributed by atoms with Crippen LogP contribution in [0, 0.1) is 11.8 Å². The Morgan fingerprint density at radius 3 is 1.86 bits per heavy atom. The van der Waals surface area contributed by atoms with Crippen LogP contribution in [-0.2, 0) is 60.8 Å². The molecule has 0 radical (unpaired) electrons. The molecule has 2 unspecified atom stereocenters. The first kappa shape index (κ1) is 54.3. The number of nitrogens with zero attached hydrogens (tertiary/aromatic N) is 3. The molecule has 364 valence electrons. The van der Waals surface area contributed by atoms with E-state index < -0.39 is 0 Å². The molecule has 2 aromatic heterocycles. The van der Waals surface area contributed by atoms with E-state index in [1.165, 1.54) is 0 Å². The van der Waals surface area contributed by atoms with Crippen molar-refractivity contribution in [3.63, 3.8) is 0 Å². The zero-order chi connectivity index (χ0) is 47.1. The van der Waals surface area contributed by atoms with Crippen molar-refractivity contribution < 1.29 is 47.7 Å². The molecule has 10 N–H and O–H groups in total. The molecule has 3 rings (SSSR count). The highest BCUT2D eigenvalue weighted by atomic mass is 16.5. The summed E-state index contributed by atoms with van der Waals surface area (Å²) in [7, 11) is 1.90. The van der Waals surface area contributed by atoms with Gasteiger partial charge in [0.05, 0.1) is 50.7 Å². The van der Waals surface area contributed by atoms with E-state index >= 15 is 0 Å². The number of nitrogens with one attached hydrogen (secondary N) is 4. The van der Waals surface area contributed by atoms with E-state index in [9.17, 15) is 24.0 Å². The van der Waals surface area contributed by atoms with Gasteiger partial charge in [0.15, 0.2) is 5.82 Å². The van der Waals surface area contributed by atoms with Crippen molar-refractivity contribution in [2.24, 2.45) is 23.3 Å². The van der Waals surface area contributed by atoms with Gasteiger partial charge in [0.1, 0.15) is 31.2 Å². The van der Waals surface area contributed by atoms with Gasteiger partial charge < -0.3 is 66.7 Å². The van der Waals surface area contributed by atoms with Crippen LogP contribution in [0.25, 0.3) is 21.9 Å². The van der Waals surface area contributed by atoms with Crippen LogP contribution < -0.4 is 38.5 Å². The third-order valence-electron chi connectivity index (χ3n) is 10.7. The summed E-state index contributed by atoms with van der Waals surface area (Å²) in [4.78, 5) is 69.6. The molecule has 5 amide bonds. The Kier molecular flexibility index (Phi) is 27.3. The summed E-state index contributed by atoms with van der Waals surface area (Å²) in [6, 6.07) is 7.75. The average Bonchev–Trinajstić information content (AvgIpc) is 3.66. The number of unbranched alkanes of at least 4 members (excludes halogenated alkanes) is 2. The maximum atomic E-state index is 12.4. The van der Waals surface area contributed by atoms with Crippen LogP contribution >= 0.6 is 0 Å². The number of para-hydroxylation sites is 1. The van der Waals surface area contributed by atoms with Crippen LogP contribution in [-0.4, -0.2) is 137 Å². The highest BCUT2D eigenvalue weighted by Gasteiger charge is 2.20. The number of carbonyl (C=O) groups excluding carboxylic acids is 5. The maximum absolute atomic E-state index is 12.4. The van der Waals surface area contributed by atoms with Gasteiger partial charge in [-0.2, -0.15) is 0 Å². The van der Waals surface area contributed by atoms with Crippen molar-refractivity contribution >= 4 is 57.3 Å². The van der Waals surface area contributed by atoms with Crippen LogP contribution in [0.4, 0.5) is 5.82 Å². The van der Waals surface area contributed by atoms with Crippen LogP contribution in [0.3, 0.4) is 0 Å². The second-order valence-electron chi connectivity index (χ2n) is 15.7. The number of hydrogen-bond acceptors (Lipinski definition) is 14. The largest absolute Gasteiger partial charge is 0.382 e. The molecule has 20 nitrogen and oxygen atoms in total. The van der Waals surface area contributed by atoms with E-state index in [0.29, 0.717) is 96.3 Å². The summed E-state index contributed by atoms with van der Waals surface area (Å²) in [5.74, 6) is -0.790. The minimum atomic E-state index is -0.363. The molecule has 0 aliphatic carbocycles. The lowest BCUT2D eigenvalue weighted by Gasteiger charge is -2.16. The number of ether oxygens (including phenoxy) is 5. The molecule has 65 heavy (non-hydrogen) atoms. The quantitative estimate of drug-likeness (QED) is 0.0402. The molecule has 0 fully saturated rings. The van der Waals surface area contributed by atoms with Crippen molar-refractivity contribution in [3.05, 3.63) is 30.1 Å². The molecule has 1 aromatic carbocycles. The van der Waals surface area contributed by atoms with Gasteiger partial charge in [-0.3, -0.25) is 24.0 Å². The highest BCUT2D eigenvalue weighted by molar-refractivity contribution is 6.06. The number of aromatic nitrogens is 3. The predicted molar refractivity (Wildman–Crippen MR) is 247 cm³/mol. The average molecular weight is 915 g/mol. The summed E-state index contributed by atoms with van der Waals surface area (Å²) < 4.78 is 29.4. The van der Waals surface area contributed by atoms with E-state index in [4.69, 9.17) is 45.9 Å². The number of amides is 5. The Hall–Kier alpha value is -4.99. The topological polar surface area (TPSA) is 288 Å². The minimum absolute atomic E-state index is 0.114. The summed E-state index contributed by atoms with van der Waals surface area (Å²) in [6.07, 6.45) is 7.62. The first-order chi connectivity index (χ1) is 31.5. The third-order valence-corrected chi connectivity index (χ3v) is 10.7. The van der Waals surface area contributed by atoms with Gasteiger partial charge in [-0.05, 0) is 71.5 Å². The number of nitrogen functional groups attached to an aromatic ring is 1. The molecule has 0 bridgehead atoms. The van der Waals surface area contributed by atoms with Gasteiger partial charge in [-0.1, -0.05) is 37.5 Å². The minimum Gasteiger partial charge on any atom is -0.382 e. The standard InChI is InChI=1S/C45H74N10O10/c1-3-61-30-37-54-41-42(35-16-4-5-17-36(35)53-43(41)46)55(37)23-11-21-51-39(57)31-65-32-40(58)52-22-25-63-27-29-64-28-26-62-24-18-38(56)50-20-9-7-13-34(45(48)60)15-10-14-33(44(47)59)12-6-8-19-49-2/h4-5,16-17,33-34,49H,3,6-15,18-32H2,1-2H3,(H2,46,53)(H2,47,59)(H2,48,60)(H,50,56)(H,51,57)(H,52,58). The molecular formula is C45H74N10O10. The number of carbonyl (C=O) groups is 5. The normalized spacial score (nSPS) is 12.3. The van der Waals surface area contributed by atoms with E-state index in [0.717, 1.165) is 67.3 Å². The van der Waals surface area contributed by atoms with Crippen LogP contribution in [0.2, 0.25) is 0 Å². The first-order valence-electron chi connectivity index (χ1n) is 23.0. The van der Waals surface area contributed by atoms with Crippen LogP contribution in [0.1, 0.15) is 83.4 Å². The Balaban J connectivity index is 1.11. The van der Waals surface area contributed by atoms with E-state index in [1.807, 2.05) is 38.2 Å². The van der Waals surface area contributed by atoms with Crippen molar-refractivity contribution in [3.8, 4) is 0 Å². The number of benzene rings is 1. The summed E-state index contributed by atoms with van der Waals surface area (Å²) >= 11 is 0. The van der Waals surface area contributed by atoms with Gasteiger partial charge >= 0.3 is 0 Å². The molecular weight excluding hydrogens is 841 g/mol. The molecule has 3 aromatic rings. The molecule has 0 saturated carbocycles. The van der Waals surface area contributed by atoms with Gasteiger partial charge in [-0.25, -0.2) is 9.97 Å². The fourth-order valence-corrected chi connectivity index (χ4v) is 7.21. The first-order valence-corrected chi connectivity index (χ1v) is 23.0. The molecule has 2 heterocycles. The van der Waals surface area contributed by atoms with Gasteiger partial charge in [-0.15, -0.1) is 0 Å². The van der Waals surface area contributed by atoms with E-state index in [1.54, 1.807) is 0 Å². The number of imidazole rings is 1. The van der Waals surface area contributed by atoms with Gasteiger partial charge in [0.2, 0.25) is 29.5 Å². The monoisotopic (exact) mass is 915 g/mol. The van der Waals surface area contributed by atoms with Crippen molar-refractivity contribution in [2.45, 2.75) is 90.7 Å². The number of anilines is 1. The van der Waals surface area contributed by atoms with Crippen molar-refractivity contribution in [2.75, 3.05) is 98.4 Å². The van der Waals surface area contributed by atoms with Crippen LogP contribution in [0.5, 0.6) is 0 Å².